The molecule has 4 nitrogen and oxygen atoms in total. The second kappa shape index (κ2) is 8.21. The van der Waals surface area contributed by atoms with Crippen LogP contribution in [0, 0.1) is 15.2 Å². The van der Waals surface area contributed by atoms with Crippen LogP contribution in [0.2, 0.25) is 0 Å². The van der Waals surface area contributed by atoms with Gasteiger partial charge in [-0.3, -0.25) is 4.79 Å². The number of hydrogen-bond donors (Lipinski definition) is 1. The highest BCUT2D eigenvalue weighted by atomic mass is 127. The van der Waals surface area contributed by atoms with E-state index in [1.165, 1.54) is 37.4 Å². The fraction of sp³-hybridized carbons (Fsp3) is 0.188. The maximum absolute atomic E-state index is 13.4. The van der Waals surface area contributed by atoms with Crippen LogP contribution in [0.4, 0.5) is 14.5 Å². The standard InChI is InChI=1S/C16H14F2INO3/c1-22-6-7-23-15-5-3-11(18)9-14(15)20-16(21)12-4-2-10(17)8-13(12)19/h2-5,8-9H,6-7H2,1H3,(H,20,21). The lowest BCUT2D eigenvalue weighted by atomic mass is 10.2. The minimum absolute atomic E-state index is 0.200. The molecule has 0 spiro atoms. The molecule has 0 saturated carbocycles. The van der Waals surface area contributed by atoms with E-state index in [0.29, 0.717) is 21.5 Å². The fourth-order valence-electron chi connectivity index (χ4n) is 1.82. The van der Waals surface area contributed by atoms with Crippen LogP contribution in [0.5, 0.6) is 5.75 Å². The number of benzene rings is 2. The molecule has 0 atom stereocenters. The lowest BCUT2D eigenvalue weighted by Gasteiger charge is -2.13. The Morgan fingerprint density at radius 1 is 1.13 bits per heavy atom. The second-order valence-electron chi connectivity index (χ2n) is 4.56. The zero-order valence-corrected chi connectivity index (χ0v) is 14.4. The molecule has 0 radical (unpaired) electrons. The van der Waals surface area contributed by atoms with Crippen LogP contribution in [0.1, 0.15) is 10.4 Å². The molecule has 0 heterocycles. The van der Waals surface area contributed by atoms with Crippen LogP contribution in [-0.2, 0) is 4.74 Å². The van der Waals surface area contributed by atoms with Crippen LogP contribution in [0.25, 0.3) is 0 Å². The van der Waals surface area contributed by atoms with Crippen LogP contribution in [-0.4, -0.2) is 26.2 Å². The van der Waals surface area contributed by atoms with Crippen molar-refractivity contribution in [2.24, 2.45) is 0 Å². The number of hydrogen-bond acceptors (Lipinski definition) is 3. The maximum atomic E-state index is 13.4. The number of nitrogens with one attached hydrogen (secondary N) is 1. The van der Waals surface area contributed by atoms with Crippen molar-refractivity contribution in [1.29, 1.82) is 0 Å². The first kappa shape index (κ1) is 17.6. The number of amides is 1. The lowest BCUT2D eigenvalue weighted by Crippen LogP contribution is -2.15. The molecule has 0 aliphatic heterocycles. The summed E-state index contributed by atoms with van der Waals surface area (Å²) in [6, 6.07) is 7.64. The van der Waals surface area contributed by atoms with Crippen molar-refractivity contribution in [3.8, 4) is 5.75 Å². The molecule has 0 aliphatic rings. The van der Waals surface area contributed by atoms with Gasteiger partial charge in [-0.25, -0.2) is 8.78 Å². The molecule has 2 rings (SSSR count). The van der Waals surface area contributed by atoms with E-state index in [-0.39, 0.29) is 12.3 Å². The lowest BCUT2D eigenvalue weighted by molar-refractivity contribution is 0.102. The molecule has 0 unspecified atom stereocenters. The van der Waals surface area contributed by atoms with Gasteiger partial charge in [-0.15, -0.1) is 0 Å². The quantitative estimate of drug-likeness (QED) is 0.557. The zero-order valence-electron chi connectivity index (χ0n) is 12.2. The van der Waals surface area contributed by atoms with Gasteiger partial charge >= 0.3 is 0 Å². The van der Waals surface area contributed by atoms with E-state index in [4.69, 9.17) is 9.47 Å². The molecule has 2 aromatic rings. The maximum Gasteiger partial charge on any atom is 0.256 e. The summed E-state index contributed by atoms with van der Waals surface area (Å²) in [4.78, 5) is 12.3. The fourth-order valence-corrected chi connectivity index (χ4v) is 2.55. The summed E-state index contributed by atoms with van der Waals surface area (Å²) in [6.45, 7) is 0.625. The van der Waals surface area contributed by atoms with Crippen molar-refractivity contribution >= 4 is 34.2 Å². The summed E-state index contributed by atoms with van der Waals surface area (Å²) in [7, 11) is 1.53. The normalized spacial score (nSPS) is 10.4. The first-order valence-corrected chi connectivity index (χ1v) is 7.77. The Hall–Kier alpha value is -1.74. The summed E-state index contributed by atoms with van der Waals surface area (Å²) in [5.74, 6) is -1.08. The summed E-state index contributed by atoms with van der Waals surface area (Å²) >= 11 is 1.86. The van der Waals surface area contributed by atoms with E-state index in [9.17, 15) is 13.6 Å². The average Bonchev–Trinajstić information content (AvgIpc) is 2.49. The van der Waals surface area contributed by atoms with Gasteiger partial charge in [-0.1, -0.05) is 0 Å². The molecule has 0 aliphatic carbocycles. The molecule has 0 aromatic heterocycles. The van der Waals surface area contributed by atoms with Gasteiger partial charge in [0, 0.05) is 16.7 Å². The minimum Gasteiger partial charge on any atom is -0.489 e. The molecule has 23 heavy (non-hydrogen) atoms. The van der Waals surface area contributed by atoms with E-state index >= 15 is 0 Å². The van der Waals surface area contributed by atoms with E-state index in [1.807, 2.05) is 22.6 Å². The average molecular weight is 433 g/mol. The summed E-state index contributed by atoms with van der Waals surface area (Å²) in [6.07, 6.45) is 0. The molecular weight excluding hydrogens is 419 g/mol. The smallest absolute Gasteiger partial charge is 0.256 e. The third kappa shape index (κ3) is 4.87. The predicted octanol–water partition coefficient (Wildman–Crippen LogP) is 3.85. The van der Waals surface area contributed by atoms with E-state index in [0.717, 1.165) is 6.07 Å². The van der Waals surface area contributed by atoms with Crippen LogP contribution >= 0.6 is 22.6 Å². The third-order valence-electron chi connectivity index (χ3n) is 2.91. The van der Waals surface area contributed by atoms with E-state index in [1.54, 1.807) is 0 Å². The number of methoxy groups -OCH3 is 1. The molecule has 1 N–H and O–H groups in total. The number of carbonyl (C=O) groups is 1. The van der Waals surface area contributed by atoms with Crippen molar-refractivity contribution in [3.05, 3.63) is 57.2 Å². The van der Waals surface area contributed by atoms with Crippen LogP contribution in [0.15, 0.2) is 36.4 Å². The first-order valence-electron chi connectivity index (χ1n) is 6.69. The number of ether oxygens (including phenoxy) is 2. The Morgan fingerprint density at radius 2 is 1.83 bits per heavy atom. The predicted molar refractivity (Wildman–Crippen MR) is 90.8 cm³/mol. The van der Waals surface area contributed by atoms with Gasteiger partial charge in [0.2, 0.25) is 0 Å². The highest BCUT2D eigenvalue weighted by molar-refractivity contribution is 14.1. The van der Waals surface area contributed by atoms with Crippen molar-refractivity contribution in [2.75, 3.05) is 25.6 Å². The summed E-state index contributed by atoms with van der Waals surface area (Å²) < 4.78 is 37.3. The van der Waals surface area contributed by atoms with Crippen molar-refractivity contribution in [2.45, 2.75) is 0 Å². The highest BCUT2D eigenvalue weighted by Crippen LogP contribution is 2.26. The molecule has 0 bridgehead atoms. The van der Waals surface area contributed by atoms with E-state index in [2.05, 4.69) is 5.32 Å². The first-order chi connectivity index (χ1) is 11.0. The number of anilines is 1. The Morgan fingerprint density at radius 3 is 2.52 bits per heavy atom. The van der Waals surface area contributed by atoms with Crippen LogP contribution in [0.3, 0.4) is 0 Å². The van der Waals surface area contributed by atoms with Gasteiger partial charge < -0.3 is 14.8 Å². The zero-order chi connectivity index (χ0) is 16.8. The minimum atomic E-state index is -0.506. The number of rotatable bonds is 6. The third-order valence-corrected chi connectivity index (χ3v) is 3.80. The van der Waals surface area contributed by atoms with Gasteiger partial charge in [-0.2, -0.15) is 0 Å². The summed E-state index contributed by atoms with van der Waals surface area (Å²) in [5.41, 5.74) is 0.491. The van der Waals surface area contributed by atoms with Crippen molar-refractivity contribution < 1.29 is 23.0 Å². The van der Waals surface area contributed by atoms with Gasteiger partial charge in [0.1, 0.15) is 24.0 Å². The Labute approximate surface area is 145 Å². The van der Waals surface area contributed by atoms with Gasteiger partial charge in [0.25, 0.3) is 5.91 Å². The molecule has 0 fully saturated rings. The van der Waals surface area contributed by atoms with Gasteiger partial charge in [-0.05, 0) is 52.9 Å². The molecule has 7 heteroatoms. The molecule has 2 aromatic carbocycles. The second-order valence-corrected chi connectivity index (χ2v) is 5.72. The monoisotopic (exact) mass is 433 g/mol. The molecule has 122 valence electrons. The van der Waals surface area contributed by atoms with Crippen LogP contribution < -0.4 is 10.1 Å². The van der Waals surface area contributed by atoms with Gasteiger partial charge in [0.05, 0.1) is 17.9 Å². The topological polar surface area (TPSA) is 47.6 Å². The van der Waals surface area contributed by atoms with Crippen molar-refractivity contribution in [1.82, 2.24) is 0 Å². The van der Waals surface area contributed by atoms with E-state index < -0.39 is 17.5 Å². The Kier molecular flexibility index (Phi) is 6.28. The summed E-state index contributed by atoms with van der Waals surface area (Å²) in [5, 5.41) is 2.58. The SMILES string of the molecule is COCCOc1ccc(F)cc1NC(=O)c1ccc(F)cc1I. The number of carbonyl (C=O) groups excluding carboxylic acids is 1. The molecule has 1 amide bonds. The Balaban J connectivity index is 2.20. The molecule has 0 saturated heterocycles. The largest absolute Gasteiger partial charge is 0.489 e. The van der Waals surface area contributed by atoms with Crippen molar-refractivity contribution in [3.63, 3.8) is 0 Å². The Bertz CT molecular complexity index is 710. The number of halogens is 3. The van der Waals surface area contributed by atoms with Gasteiger partial charge in [0.15, 0.2) is 0 Å². The molecular formula is C16H14F2INO3. The highest BCUT2D eigenvalue weighted by Gasteiger charge is 2.14.